The summed E-state index contributed by atoms with van der Waals surface area (Å²) in [5.41, 5.74) is 7.02. The largest absolute Gasteiger partial charge is 0.370 e. The molecule has 2 aliphatic rings. The second kappa shape index (κ2) is 5.08. The zero-order valence-electron chi connectivity index (χ0n) is 12.0. The molecule has 1 heterocycles. The number of guanidine groups is 1. The highest BCUT2D eigenvalue weighted by Crippen LogP contribution is 2.34. The number of hydrogen-bond acceptors (Lipinski definition) is 3. The van der Waals surface area contributed by atoms with Gasteiger partial charge in [0, 0.05) is 6.04 Å². The maximum atomic E-state index is 13.4. The monoisotopic (exact) mass is 275 g/mol. The highest BCUT2D eigenvalue weighted by atomic mass is 19.1. The normalized spacial score (nSPS) is 27.1. The van der Waals surface area contributed by atoms with Gasteiger partial charge in [-0.1, -0.05) is 25.0 Å². The van der Waals surface area contributed by atoms with E-state index in [2.05, 4.69) is 16.8 Å². The summed E-state index contributed by atoms with van der Waals surface area (Å²) >= 11 is 0. The van der Waals surface area contributed by atoms with Gasteiger partial charge in [-0.2, -0.15) is 0 Å². The number of benzene rings is 1. The molecular weight excluding hydrogens is 253 g/mol. The molecule has 4 heteroatoms. The van der Waals surface area contributed by atoms with E-state index in [1.807, 2.05) is 6.07 Å². The Hall–Kier alpha value is -1.58. The quantitative estimate of drug-likeness (QED) is 0.921. The first-order valence-corrected chi connectivity index (χ1v) is 7.42. The predicted molar refractivity (Wildman–Crippen MR) is 79.1 cm³/mol. The molecule has 1 unspecified atom stereocenters. The maximum absolute atomic E-state index is 13.4. The van der Waals surface area contributed by atoms with E-state index in [0.29, 0.717) is 18.5 Å². The number of halogens is 1. The van der Waals surface area contributed by atoms with Crippen molar-refractivity contribution in [3.05, 3.63) is 35.6 Å². The van der Waals surface area contributed by atoms with Crippen molar-refractivity contribution in [3.63, 3.8) is 0 Å². The molecule has 1 aromatic rings. The van der Waals surface area contributed by atoms with Crippen molar-refractivity contribution >= 4 is 5.96 Å². The van der Waals surface area contributed by atoms with Gasteiger partial charge < -0.3 is 10.6 Å². The maximum Gasteiger partial charge on any atom is 0.192 e. The third-order valence-electron chi connectivity index (χ3n) is 4.57. The molecule has 0 radical (unpaired) electrons. The highest BCUT2D eigenvalue weighted by molar-refractivity contribution is 5.81. The molecule has 0 amide bonds. The van der Waals surface area contributed by atoms with Gasteiger partial charge in [-0.05, 0) is 43.9 Å². The van der Waals surface area contributed by atoms with Gasteiger partial charge in [-0.15, -0.1) is 0 Å². The molecule has 0 aromatic heterocycles. The van der Waals surface area contributed by atoms with Crippen LogP contribution in [0.4, 0.5) is 4.39 Å². The molecule has 0 spiro atoms. The Morgan fingerprint density at radius 2 is 2.15 bits per heavy atom. The first kappa shape index (κ1) is 13.4. The standard InChI is InChI=1S/C16H22FN3/c1-16(10-12-5-4-6-13(17)9-12)11-19-15(18)20(16)14-7-2-3-8-14/h4-6,9,14H,2-3,7-8,10-11H2,1H3,(H2,18,19). The smallest absolute Gasteiger partial charge is 0.192 e. The zero-order valence-corrected chi connectivity index (χ0v) is 12.0. The van der Waals surface area contributed by atoms with Crippen LogP contribution in [0.3, 0.4) is 0 Å². The van der Waals surface area contributed by atoms with E-state index in [4.69, 9.17) is 5.73 Å². The van der Waals surface area contributed by atoms with E-state index in [0.717, 1.165) is 12.0 Å². The SMILES string of the molecule is CC1(Cc2cccc(F)c2)CN=C(N)N1C1CCCC1. The fourth-order valence-electron chi connectivity index (χ4n) is 3.70. The van der Waals surface area contributed by atoms with Crippen molar-refractivity contribution in [2.24, 2.45) is 10.7 Å². The summed E-state index contributed by atoms with van der Waals surface area (Å²) in [6.07, 6.45) is 5.70. The Balaban J connectivity index is 1.82. The lowest BCUT2D eigenvalue weighted by Crippen LogP contribution is -2.55. The van der Waals surface area contributed by atoms with E-state index in [1.165, 1.54) is 31.7 Å². The van der Waals surface area contributed by atoms with Crippen LogP contribution in [0.25, 0.3) is 0 Å². The lowest BCUT2D eigenvalue weighted by Gasteiger charge is -2.40. The topological polar surface area (TPSA) is 41.6 Å². The first-order chi connectivity index (χ1) is 9.58. The minimum absolute atomic E-state index is 0.118. The van der Waals surface area contributed by atoms with E-state index >= 15 is 0 Å². The van der Waals surface area contributed by atoms with Gasteiger partial charge in [0.15, 0.2) is 5.96 Å². The van der Waals surface area contributed by atoms with Crippen LogP contribution < -0.4 is 5.73 Å². The Bertz CT molecular complexity index is 522. The Kier molecular flexibility index (Phi) is 3.40. The number of hydrogen-bond donors (Lipinski definition) is 1. The molecule has 1 fully saturated rings. The van der Waals surface area contributed by atoms with E-state index in [9.17, 15) is 4.39 Å². The zero-order chi connectivity index (χ0) is 14.2. The highest BCUT2D eigenvalue weighted by Gasteiger charge is 2.42. The second-order valence-electron chi connectivity index (χ2n) is 6.29. The first-order valence-electron chi connectivity index (χ1n) is 7.42. The summed E-state index contributed by atoms with van der Waals surface area (Å²) in [6.45, 7) is 2.89. The predicted octanol–water partition coefficient (Wildman–Crippen LogP) is 2.70. The molecule has 108 valence electrons. The van der Waals surface area contributed by atoms with Gasteiger partial charge >= 0.3 is 0 Å². The van der Waals surface area contributed by atoms with Gasteiger partial charge in [-0.25, -0.2) is 4.39 Å². The summed E-state index contributed by atoms with van der Waals surface area (Å²) in [5.74, 6) is 0.487. The fourth-order valence-corrected chi connectivity index (χ4v) is 3.70. The average Bonchev–Trinajstić information content (AvgIpc) is 2.98. The summed E-state index contributed by atoms with van der Waals surface area (Å²) in [4.78, 5) is 6.76. The van der Waals surface area contributed by atoms with Crippen LogP contribution in [0.15, 0.2) is 29.3 Å². The van der Waals surface area contributed by atoms with Gasteiger partial charge in [-0.3, -0.25) is 4.99 Å². The number of rotatable bonds is 3. The minimum Gasteiger partial charge on any atom is -0.370 e. The summed E-state index contributed by atoms with van der Waals surface area (Å²) in [7, 11) is 0. The van der Waals surface area contributed by atoms with Gasteiger partial charge in [0.1, 0.15) is 5.82 Å². The van der Waals surface area contributed by atoms with Crippen LogP contribution in [0.1, 0.15) is 38.2 Å². The molecule has 1 aliphatic carbocycles. The molecule has 0 saturated heterocycles. The second-order valence-corrected chi connectivity index (χ2v) is 6.29. The van der Waals surface area contributed by atoms with Crippen LogP contribution >= 0.6 is 0 Å². The van der Waals surface area contributed by atoms with Crippen molar-refractivity contribution in [2.75, 3.05) is 6.54 Å². The van der Waals surface area contributed by atoms with Crippen molar-refractivity contribution in [3.8, 4) is 0 Å². The van der Waals surface area contributed by atoms with Gasteiger partial charge in [0.2, 0.25) is 0 Å². The average molecular weight is 275 g/mol. The molecule has 1 atom stereocenters. The van der Waals surface area contributed by atoms with E-state index < -0.39 is 0 Å². The summed E-state index contributed by atoms with van der Waals surface area (Å²) < 4.78 is 13.4. The Morgan fingerprint density at radius 1 is 1.40 bits per heavy atom. The Labute approximate surface area is 119 Å². The van der Waals surface area contributed by atoms with E-state index in [1.54, 1.807) is 12.1 Å². The third kappa shape index (κ3) is 2.39. The molecule has 3 rings (SSSR count). The molecule has 2 N–H and O–H groups in total. The van der Waals surface area contributed by atoms with Crippen molar-refractivity contribution in [1.29, 1.82) is 0 Å². The lowest BCUT2D eigenvalue weighted by atomic mass is 9.90. The molecular formula is C16H22FN3. The van der Waals surface area contributed by atoms with Crippen LogP contribution in [0.5, 0.6) is 0 Å². The summed E-state index contributed by atoms with van der Waals surface area (Å²) in [6, 6.07) is 7.36. The molecule has 1 saturated carbocycles. The van der Waals surface area contributed by atoms with Crippen LogP contribution in [0, 0.1) is 5.82 Å². The van der Waals surface area contributed by atoms with Crippen molar-refractivity contribution < 1.29 is 4.39 Å². The van der Waals surface area contributed by atoms with Crippen LogP contribution in [-0.2, 0) is 6.42 Å². The lowest BCUT2D eigenvalue weighted by molar-refractivity contribution is 0.166. The molecule has 20 heavy (non-hydrogen) atoms. The minimum atomic E-state index is -0.176. The molecule has 3 nitrogen and oxygen atoms in total. The van der Waals surface area contributed by atoms with Crippen molar-refractivity contribution in [2.45, 2.75) is 50.6 Å². The van der Waals surface area contributed by atoms with Crippen LogP contribution in [0.2, 0.25) is 0 Å². The molecule has 1 aromatic carbocycles. The van der Waals surface area contributed by atoms with Crippen molar-refractivity contribution in [1.82, 2.24) is 4.90 Å². The number of aliphatic imine (C=N–C) groups is 1. The number of nitrogens with zero attached hydrogens (tertiary/aromatic N) is 2. The van der Waals surface area contributed by atoms with E-state index in [-0.39, 0.29) is 11.4 Å². The summed E-state index contributed by atoms with van der Waals surface area (Å²) in [5, 5.41) is 0. The third-order valence-corrected chi connectivity index (χ3v) is 4.57. The van der Waals surface area contributed by atoms with Gasteiger partial charge in [0.05, 0.1) is 12.1 Å². The fraction of sp³-hybridized carbons (Fsp3) is 0.562. The Morgan fingerprint density at radius 3 is 2.85 bits per heavy atom. The molecule has 0 bridgehead atoms. The van der Waals surface area contributed by atoms with Crippen LogP contribution in [-0.4, -0.2) is 29.0 Å². The number of nitrogens with two attached hydrogens (primary N) is 1. The van der Waals surface area contributed by atoms with Gasteiger partial charge in [0.25, 0.3) is 0 Å². The molecule has 1 aliphatic heterocycles.